The van der Waals surface area contributed by atoms with E-state index in [1.807, 2.05) is 0 Å². The van der Waals surface area contributed by atoms with E-state index < -0.39 is 5.91 Å². The minimum Gasteiger partial charge on any atom is -0.493 e. The third kappa shape index (κ3) is 4.36. The Bertz CT molecular complexity index is 1210. The lowest BCUT2D eigenvalue weighted by Crippen LogP contribution is -2.15. The Morgan fingerprint density at radius 3 is 2.50 bits per heavy atom. The molecule has 6 nitrogen and oxygen atoms in total. The van der Waals surface area contributed by atoms with E-state index in [4.69, 9.17) is 20.6 Å². The van der Waals surface area contributed by atoms with Crippen LogP contribution in [0.1, 0.15) is 5.56 Å². The largest absolute Gasteiger partial charge is 0.493 e. The molecular formula is C22H19FN2O4S. The summed E-state index contributed by atoms with van der Waals surface area (Å²) in [5.74, 6) is 3.09. The first-order valence-electron chi connectivity index (χ1n) is 8.79. The summed E-state index contributed by atoms with van der Waals surface area (Å²) in [5.41, 5.74) is 1.39. The third-order valence-electron chi connectivity index (χ3n) is 4.21. The van der Waals surface area contributed by atoms with Crippen LogP contribution in [0, 0.1) is 18.2 Å². The number of hydrogen-bond acceptors (Lipinski definition) is 5. The molecule has 3 rings (SSSR count). The summed E-state index contributed by atoms with van der Waals surface area (Å²) in [5, 5.41) is 0. The highest BCUT2D eigenvalue weighted by Gasteiger charge is 2.12. The third-order valence-corrected chi connectivity index (χ3v) is 5.25. The summed E-state index contributed by atoms with van der Waals surface area (Å²) < 4.78 is 31.8. The van der Waals surface area contributed by atoms with E-state index >= 15 is 0 Å². The highest BCUT2D eigenvalue weighted by Crippen LogP contribution is 2.38. The van der Waals surface area contributed by atoms with Crippen LogP contribution in [0.5, 0.6) is 17.2 Å². The number of fused-ring (bicyclic) bond motifs is 1. The Morgan fingerprint density at radius 1 is 1.20 bits per heavy atom. The van der Waals surface area contributed by atoms with Gasteiger partial charge in [0.05, 0.1) is 38.1 Å². The second-order valence-electron chi connectivity index (χ2n) is 6.03. The van der Waals surface area contributed by atoms with Gasteiger partial charge in [-0.3, -0.25) is 4.79 Å². The summed E-state index contributed by atoms with van der Waals surface area (Å²) in [6.07, 6.45) is 8.36. The van der Waals surface area contributed by atoms with Gasteiger partial charge in [0, 0.05) is 6.08 Å². The summed E-state index contributed by atoms with van der Waals surface area (Å²) in [6, 6.07) is 7.78. The molecule has 0 N–H and O–H groups in total. The average Bonchev–Trinajstić information content (AvgIpc) is 3.07. The minimum atomic E-state index is -0.485. The number of aromatic nitrogens is 1. The average molecular weight is 426 g/mol. The zero-order valence-electron chi connectivity index (χ0n) is 16.6. The Balaban J connectivity index is 1.97. The number of terminal acetylenes is 1. The molecule has 0 saturated heterocycles. The number of rotatable bonds is 6. The van der Waals surface area contributed by atoms with E-state index in [2.05, 4.69) is 10.9 Å². The smallest absolute Gasteiger partial charge is 0.272 e. The molecule has 0 aliphatic rings. The monoisotopic (exact) mass is 426 g/mol. The summed E-state index contributed by atoms with van der Waals surface area (Å²) in [4.78, 5) is 17.0. The molecular weight excluding hydrogens is 407 g/mol. The highest BCUT2D eigenvalue weighted by atomic mass is 32.1. The zero-order chi connectivity index (χ0) is 21.7. The van der Waals surface area contributed by atoms with Crippen molar-refractivity contribution in [3.05, 3.63) is 52.6 Å². The molecule has 1 amide bonds. The van der Waals surface area contributed by atoms with Crippen LogP contribution in [0.4, 0.5) is 4.39 Å². The number of thiazole rings is 1. The maximum atomic E-state index is 13.5. The first kappa shape index (κ1) is 21.1. The molecule has 0 saturated carbocycles. The molecule has 0 unspecified atom stereocenters. The first-order chi connectivity index (χ1) is 14.5. The van der Waals surface area contributed by atoms with Gasteiger partial charge in [-0.1, -0.05) is 17.3 Å². The molecule has 30 heavy (non-hydrogen) atoms. The van der Waals surface area contributed by atoms with Crippen LogP contribution >= 0.6 is 11.3 Å². The van der Waals surface area contributed by atoms with Gasteiger partial charge in [0.25, 0.3) is 5.91 Å². The molecule has 3 aromatic rings. The van der Waals surface area contributed by atoms with Crippen molar-refractivity contribution in [2.75, 3.05) is 21.3 Å². The molecule has 0 spiro atoms. The van der Waals surface area contributed by atoms with Crippen molar-refractivity contribution in [2.24, 2.45) is 4.99 Å². The molecule has 0 fully saturated rings. The molecule has 8 heteroatoms. The first-order valence-corrected chi connectivity index (χ1v) is 9.61. The van der Waals surface area contributed by atoms with E-state index in [1.54, 1.807) is 28.8 Å². The van der Waals surface area contributed by atoms with E-state index in [0.717, 1.165) is 5.52 Å². The van der Waals surface area contributed by atoms with Gasteiger partial charge in [-0.15, -0.1) is 6.42 Å². The summed E-state index contributed by atoms with van der Waals surface area (Å²) in [6.45, 7) is 0.217. The van der Waals surface area contributed by atoms with Crippen molar-refractivity contribution in [1.29, 1.82) is 0 Å². The SMILES string of the molecule is C#CCn1c(=NC(=O)/C=C\c2cc(OC)c(OC)c(OC)c2)sc2cc(F)ccc21. The molecule has 0 atom stereocenters. The Kier molecular flexibility index (Phi) is 6.54. The molecule has 0 aliphatic carbocycles. The van der Waals surface area contributed by atoms with E-state index in [1.165, 1.54) is 50.9 Å². The van der Waals surface area contributed by atoms with Gasteiger partial charge in [0.1, 0.15) is 5.82 Å². The molecule has 154 valence electrons. The normalized spacial score (nSPS) is 11.6. The van der Waals surface area contributed by atoms with Gasteiger partial charge < -0.3 is 18.8 Å². The predicted molar refractivity (Wildman–Crippen MR) is 114 cm³/mol. The second-order valence-corrected chi connectivity index (χ2v) is 7.04. The van der Waals surface area contributed by atoms with Crippen LogP contribution in [-0.2, 0) is 11.3 Å². The Labute approximate surface area is 176 Å². The fraction of sp³-hybridized carbons (Fsp3) is 0.182. The van der Waals surface area contributed by atoms with E-state index in [9.17, 15) is 9.18 Å². The van der Waals surface area contributed by atoms with Gasteiger partial charge in [0.2, 0.25) is 5.75 Å². The fourth-order valence-electron chi connectivity index (χ4n) is 2.87. The van der Waals surface area contributed by atoms with Crippen molar-refractivity contribution < 1.29 is 23.4 Å². The predicted octanol–water partition coefficient (Wildman–Crippen LogP) is 3.64. The number of hydrogen-bond donors (Lipinski definition) is 0. The van der Waals surface area contributed by atoms with E-state index in [0.29, 0.717) is 32.3 Å². The van der Waals surface area contributed by atoms with Crippen LogP contribution in [-0.4, -0.2) is 31.8 Å². The number of nitrogens with zero attached hydrogens (tertiary/aromatic N) is 2. The minimum absolute atomic E-state index is 0.217. The van der Waals surface area contributed by atoms with Gasteiger partial charge >= 0.3 is 0 Å². The van der Waals surface area contributed by atoms with Crippen molar-refractivity contribution in [3.8, 4) is 29.6 Å². The number of ether oxygens (including phenoxy) is 3. The molecule has 2 aromatic carbocycles. The summed E-state index contributed by atoms with van der Waals surface area (Å²) in [7, 11) is 4.54. The van der Waals surface area contributed by atoms with Crippen LogP contribution < -0.4 is 19.0 Å². The van der Waals surface area contributed by atoms with Gasteiger partial charge in [-0.25, -0.2) is 4.39 Å². The van der Waals surface area contributed by atoms with Crippen LogP contribution in [0.3, 0.4) is 0 Å². The lowest BCUT2D eigenvalue weighted by Gasteiger charge is -2.12. The summed E-state index contributed by atoms with van der Waals surface area (Å²) >= 11 is 1.19. The lowest BCUT2D eigenvalue weighted by molar-refractivity contribution is -0.113. The molecule has 0 bridgehead atoms. The maximum absolute atomic E-state index is 13.5. The number of carbonyl (C=O) groups excluding carboxylic acids is 1. The van der Waals surface area contributed by atoms with Crippen LogP contribution in [0.2, 0.25) is 0 Å². The maximum Gasteiger partial charge on any atom is 0.272 e. The van der Waals surface area contributed by atoms with Gasteiger partial charge in [-0.05, 0) is 42.0 Å². The van der Waals surface area contributed by atoms with Crippen LogP contribution in [0.25, 0.3) is 16.3 Å². The van der Waals surface area contributed by atoms with E-state index in [-0.39, 0.29) is 12.4 Å². The lowest BCUT2D eigenvalue weighted by atomic mass is 10.1. The Morgan fingerprint density at radius 2 is 1.90 bits per heavy atom. The highest BCUT2D eigenvalue weighted by molar-refractivity contribution is 7.16. The zero-order valence-corrected chi connectivity index (χ0v) is 17.5. The topological polar surface area (TPSA) is 62.1 Å². The van der Waals surface area contributed by atoms with Crippen molar-refractivity contribution in [2.45, 2.75) is 6.54 Å². The van der Waals surface area contributed by atoms with Crippen molar-refractivity contribution in [1.82, 2.24) is 4.57 Å². The second kappa shape index (κ2) is 9.29. The Hall–Kier alpha value is -3.57. The molecule has 1 aromatic heterocycles. The van der Waals surface area contributed by atoms with Gasteiger partial charge in [-0.2, -0.15) is 4.99 Å². The number of benzene rings is 2. The number of carbonyl (C=O) groups is 1. The van der Waals surface area contributed by atoms with Crippen molar-refractivity contribution >= 4 is 33.5 Å². The number of methoxy groups -OCH3 is 3. The quantitative estimate of drug-likeness (QED) is 0.446. The molecule has 0 radical (unpaired) electrons. The fourth-order valence-corrected chi connectivity index (χ4v) is 3.93. The van der Waals surface area contributed by atoms with Gasteiger partial charge in [0.15, 0.2) is 16.3 Å². The number of halogens is 1. The van der Waals surface area contributed by atoms with Crippen LogP contribution in [0.15, 0.2) is 41.4 Å². The molecule has 1 heterocycles. The number of amides is 1. The standard InChI is InChI=1S/C22H19FN2O4S/c1-5-10-25-16-8-7-15(23)13-19(16)30-22(25)24-20(26)9-6-14-11-17(27-2)21(29-4)18(12-14)28-3/h1,6-9,11-13H,10H2,2-4H3/b9-6-,24-22?. The molecule has 0 aliphatic heterocycles. The van der Waals surface area contributed by atoms with Crippen molar-refractivity contribution in [3.63, 3.8) is 0 Å².